The fourth-order valence-corrected chi connectivity index (χ4v) is 2.76. The molecule has 1 saturated heterocycles. The van der Waals surface area contributed by atoms with E-state index in [0.717, 1.165) is 13.0 Å². The van der Waals surface area contributed by atoms with Crippen LogP contribution < -0.4 is 0 Å². The lowest BCUT2D eigenvalue weighted by atomic mass is 9.70. The first-order chi connectivity index (χ1) is 6.22. The van der Waals surface area contributed by atoms with Gasteiger partial charge in [0.25, 0.3) is 0 Å². The minimum atomic E-state index is 0.398. The summed E-state index contributed by atoms with van der Waals surface area (Å²) in [6.45, 7) is 14.8. The first-order valence-electron chi connectivity index (χ1n) is 5.61. The van der Waals surface area contributed by atoms with Crippen LogP contribution in [-0.4, -0.2) is 18.5 Å². The molecule has 82 valence electrons. The highest BCUT2D eigenvalue weighted by Crippen LogP contribution is 2.42. The topological polar surface area (TPSA) is 3.24 Å². The maximum atomic E-state index is 4.17. The summed E-state index contributed by atoms with van der Waals surface area (Å²) in [6.07, 6.45) is 3.70. The van der Waals surface area contributed by atoms with E-state index in [4.69, 9.17) is 0 Å². The molecule has 14 heavy (non-hydrogen) atoms. The predicted molar refractivity (Wildman–Crippen MR) is 63.2 cm³/mol. The van der Waals surface area contributed by atoms with Gasteiger partial charge < -0.3 is 4.90 Å². The smallest absolute Gasteiger partial charge is 0.0176 e. The largest absolute Gasteiger partial charge is 0.378 e. The van der Waals surface area contributed by atoms with Crippen molar-refractivity contribution >= 4 is 0 Å². The van der Waals surface area contributed by atoms with Gasteiger partial charge in [-0.2, -0.15) is 0 Å². The molecule has 0 aromatic carbocycles. The molecule has 1 heteroatoms. The SMILES string of the molecule is C=C1CC(C)(C)CC(C)(C)CCN1C. The molecular formula is C13H25N. The van der Waals surface area contributed by atoms with E-state index in [9.17, 15) is 0 Å². The lowest BCUT2D eigenvalue weighted by Crippen LogP contribution is -2.33. The summed E-state index contributed by atoms with van der Waals surface area (Å²) in [7, 11) is 2.17. The van der Waals surface area contributed by atoms with Crippen molar-refractivity contribution in [2.45, 2.75) is 47.0 Å². The zero-order valence-corrected chi connectivity index (χ0v) is 10.5. The first kappa shape index (κ1) is 11.6. The normalized spacial score (nSPS) is 26.9. The lowest BCUT2D eigenvalue weighted by molar-refractivity contribution is 0.136. The van der Waals surface area contributed by atoms with Gasteiger partial charge in [0.15, 0.2) is 0 Å². The van der Waals surface area contributed by atoms with Crippen LogP contribution in [0.15, 0.2) is 12.3 Å². The van der Waals surface area contributed by atoms with Crippen molar-refractivity contribution < 1.29 is 0 Å². The van der Waals surface area contributed by atoms with E-state index in [1.165, 1.54) is 18.5 Å². The number of likely N-dealkylation sites (tertiary alicyclic amines) is 1. The van der Waals surface area contributed by atoms with Crippen molar-refractivity contribution in [2.24, 2.45) is 10.8 Å². The van der Waals surface area contributed by atoms with Gasteiger partial charge in [-0.05, 0) is 30.1 Å². The van der Waals surface area contributed by atoms with E-state index in [0.29, 0.717) is 10.8 Å². The van der Waals surface area contributed by atoms with Crippen LogP contribution >= 0.6 is 0 Å². The van der Waals surface area contributed by atoms with Gasteiger partial charge in [-0.15, -0.1) is 0 Å². The number of hydrogen-bond donors (Lipinski definition) is 0. The molecule has 0 aromatic rings. The summed E-state index contributed by atoms with van der Waals surface area (Å²) >= 11 is 0. The molecule has 1 aliphatic rings. The molecular weight excluding hydrogens is 170 g/mol. The van der Waals surface area contributed by atoms with Crippen LogP contribution in [0.5, 0.6) is 0 Å². The van der Waals surface area contributed by atoms with Gasteiger partial charge in [0.1, 0.15) is 0 Å². The van der Waals surface area contributed by atoms with Gasteiger partial charge in [-0.3, -0.25) is 0 Å². The monoisotopic (exact) mass is 195 g/mol. The van der Waals surface area contributed by atoms with Crippen molar-refractivity contribution in [2.75, 3.05) is 13.6 Å². The number of allylic oxidation sites excluding steroid dienone is 1. The molecule has 0 radical (unpaired) electrons. The van der Waals surface area contributed by atoms with Crippen LogP contribution in [0.25, 0.3) is 0 Å². The fraction of sp³-hybridized carbons (Fsp3) is 0.846. The second kappa shape index (κ2) is 3.60. The molecule has 1 fully saturated rings. The van der Waals surface area contributed by atoms with Crippen molar-refractivity contribution in [3.05, 3.63) is 12.3 Å². The number of nitrogens with zero attached hydrogens (tertiary/aromatic N) is 1. The van der Waals surface area contributed by atoms with Gasteiger partial charge in [0.2, 0.25) is 0 Å². The van der Waals surface area contributed by atoms with Gasteiger partial charge in [0, 0.05) is 19.3 Å². The average Bonchev–Trinajstić information content (AvgIpc) is 1.95. The van der Waals surface area contributed by atoms with Gasteiger partial charge in [-0.25, -0.2) is 0 Å². The quantitative estimate of drug-likeness (QED) is 0.570. The van der Waals surface area contributed by atoms with E-state index < -0.39 is 0 Å². The maximum Gasteiger partial charge on any atom is 0.0176 e. The molecule has 0 atom stereocenters. The lowest BCUT2D eigenvalue weighted by Gasteiger charge is -2.41. The van der Waals surface area contributed by atoms with E-state index in [2.05, 4.69) is 46.2 Å². The molecule has 0 aliphatic carbocycles. The van der Waals surface area contributed by atoms with Gasteiger partial charge in [0.05, 0.1) is 0 Å². The van der Waals surface area contributed by atoms with E-state index in [1.54, 1.807) is 0 Å². The zero-order valence-electron chi connectivity index (χ0n) is 10.5. The molecule has 0 spiro atoms. The Balaban J connectivity index is 2.79. The van der Waals surface area contributed by atoms with Crippen LogP contribution in [0.2, 0.25) is 0 Å². The Kier molecular flexibility index (Phi) is 2.99. The molecule has 1 rings (SSSR count). The van der Waals surface area contributed by atoms with Crippen molar-refractivity contribution in [1.82, 2.24) is 4.90 Å². The van der Waals surface area contributed by atoms with Crippen molar-refractivity contribution in [3.63, 3.8) is 0 Å². The second-order valence-corrected chi connectivity index (χ2v) is 6.42. The highest BCUT2D eigenvalue weighted by atomic mass is 15.1. The Bertz CT molecular complexity index is 225. The van der Waals surface area contributed by atoms with E-state index in [1.807, 2.05) is 0 Å². The van der Waals surface area contributed by atoms with E-state index in [-0.39, 0.29) is 0 Å². The van der Waals surface area contributed by atoms with Crippen LogP contribution in [0.1, 0.15) is 47.0 Å². The Morgan fingerprint density at radius 2 is 1.71 bits per heavy atom. The molecule has 1 nitrogen and oxygen atoms in total. The summed E-state index contributed by atoms with van der Waals surface area (Å²) in [5, 5.41) is 0. The molecule has 0 amide bonds. The van der Waals surface area contributed by atoms with Crippen LogP contribution in [0.4, 0.5) is 0 Å². The summed E-state index contributed by atoms with van der Waals surface area (Å²) in [6, 6.07) is 0. The summed E-state index contributed by atoms with van der Waals surface area (Å²) in [5.74, 6) is 0. The third-order valence-corrected chi connectivity index (χ3v) is 3.30. The van der Waals surface area contributed by atoms with Crippen molar-refractivity contribution in [3.8, 4) is 0 Å². The highest BCUT2D eigenvalue weighted by molar-refractivity contribution is 5.00. The molecule has 0 saturated carbocycles. The van der Waals surface area contributed by atoms with Gasteiger partial charge in [-0.1, -0.05) is 34.3 Å². The molecule has 1 aliphatic heterocycles. The van der Waals surface area contributed by atoms with Gasteiger partial charge >= 0.3 is 0 Å². The average molecular weight is 195 g/mol. The van der Waals surface area contributed by atoms with Crippen LogP contribution in [0.3, 0.4) is 0 Å². The Morgan fingerprint density at radius 3 is 2.29 bits per heavy atom. The Labute approximate surface area is 89.2 Å². The molecule has 0 N–H and O–H groups in total. The highest BCUT2D eigenvalue weighted by Gasteiger charge is 2.32. The Hall–Kier alpha value is -0.460. The number of rotatable bonds is 0. The van der Waals surface area contributed by atoms with Crippen LogP contribution in [-0.2, 0) is 0 Å². The Morgan fingerprint density at radius 1 is 1.14 bits per heavy atom. The third kappa shape index (κ3) is 3.04. The second-order valence-electron chi connectivity index (χ2n) is 6.42. The standard InChI is InChI=1S/C13H25N/c1-11-9-13(4,5)10-12(2,3)7-8-14(11)6/h1,7-10H2,2-6H3. The molecule has 0 aromatic heterocycles. The summed E-state index contributed by atoms with van der Waals surface area (Å²) in [5.41, 5.74) is 2.17. The summed E-state index contributed by atoms with van der Waals surface area (Å²) in [4.78, 5) is 2.32. The van der Waals surface area contributed by atoms with E-state index >= 15 is 0 Å². The zero-order chi connectivity index (χ0) is 11.0. The summed E-state index contributed by atoms with van der Waals surface area (Å²) < 4.78 is 0. The predicted octanol–water partition coefficient (Wildman–Crippen LogP) is 3.67. The molecule has 0 bridgehead atoms. The first-order valence-corrected chi connectivity index (χ1v) is 5.61. The van der Waals surface area contributed by atoms with Crippen molar-refractivity contribution in [1.29, 1.82) is 0 Å². The maximum absolute atomic E-state index is 4.17. The number of hydrogen-bond acceptors (Lipinski definition) is 1. The fourth-order valence-electron chi connectivity index (χ4n) is 2.76. The minimum Gasteiger partial charge on any atom is -0.378 e. The third-order valence-electron chi connectivity index (χ3n) is 3.30. The van der Waals surface area contributed by atoms with Crippen LogP contribution in [0, 0.1) is 10.8 Å². The molecule has 1 heterocycles. The molecule has 0 unspecified atom stereocenters. The minimum absolute atomic E-state index is 0.398.